The standard InChI is InChI=1S/C20H28FN3O5S/c1-20(2,3)29-19(26)23-10-8-14(9-11-23)22-16-6-4-5-7-17(16)24-13-15(12-18(24)25)30(21,27)28/h4-7,14-15,22H,8-13H2,1-3H3. The summed E-state index contributed by atoms with van der Waals surface area (Å²) in [5, 5.41) is 2.05. The van der Waals surface area contributed by atoms with Crippen LogP contribution in [0.3, 0.4) is 0 Å². The second kappa shape index (κ2) is 8.41. The van der Waals surface area contributed by atoms with E-state index in [-0.39, 0.29) is 25.1 Å². The van der Waals surface area contributed by atoms with Gasteiger partial charge in [-0.3, -0.25) is 4.79 Å². The van der Waals surface area contributed by atoms with Gasteiger partial charge < -0.3 is 19.9 Å². The molecule has 0 radical (unpaired) electrons. The van der Waals surface area contributed by atoms with Gasteiger partial charge in [0, 0.05) is 32.1 Å². The first-order valence-electron chi connectivity index (χ1n) is 10.0. The van der Waals surface area contributed by atoms with Crippen molar-refractivity contribution in [2.75, 3.05) is 29.9 Å². The van der Waals surface area contributed by atoms with Crippen LogP contribution in [0.15, 0.2) is 24.3 Å². The largest absolute Gasteiger partial charge is 0.444 e. The lowest BCUT2D eigenvalue weighted by Gasteiger charge is -2.34. The molecule has 1 atom stereocenters. The van der Waals surface area contributed by atoms with Crippen LogP contribution in [0.5, 0.6) is 0 Å². The number of likely N-dealkylation sites (tertiary alicyclic amines) is 1. The van der Waals surface area contributed by atoms with Gasteiger partial charge in [-0.15, -0.1) is 3.89 Å². The molecule has 1 aromatic rings. The highest BCUT2D eigenvalue weighted by atomic mass is 32.3. The van der Waals surface area contributed by atoms with Crippen LogP contribution in [0, 0.1) is 0 Å². The monoisotopic (exact) mass is 441 g/mol. The van der Waals surface area contributed by atoms with Crippen molar-refractivity contribution >= 4 is 33.6 Å². The summed E-state index contributed by atoms with van der Waals surface area (Å²) < 4.78 is 41.2. The van der Waals surface area contributed by atoms with Gasteiger partial charge in [-0.05, 0) is 45.7 Å². The van der Waals surface area contributed by atoms with Crippen molar-refractivity contribution in [2.45, 2.75) is 56.9 Å². The molecule has 0 saturated carbocycles. The summed E-state index contributed by atoms with van der Waals surface area (Å²) in [6.45, 7) is 6.37. The Kier molecular flexibility index (Phi) is 6.26. The van der Waals surface area contributed by atoms with E-state index in [1.54, 1.807) is 23.1 Å². The first kappa shape index (κ1) is 22.3. The summed E-state index contributed by atoms with van der Waals surface area (Å²) in [5.74, 6) is -0.421. The van der Waals surface area contributed by atoms with Crippen LogP contribution in [-0.4, -0.2) is 61.8 Å². The number of nitrogens with one attached hydrogen (secondary N) is 1. The Bertz CT molecular complexity index is 907. The van der Waals surface area contributed by atoms with E-state index in [1.807, 2.05) is 26.8 Å². The number of para-hydroxylation sites is 2. The number of piperidine rings is 1. The highest BCUT2D eigenvalue weighted by molar-refractivity contribution is 7.87. The van der Waals surface area contributed by atoms with Crippen molar-refractivity contribution < 1.29 is 26.6 Å². The van der Waals surface area contributed by atoms with E-state index < -0.39 is 27.0 Å². The maximum Gasteiger partial charge on any atom is 0.410 e. The van der Waals surface area contributed by atoms with Crippen molar-refractivity contribution in [1.82, 2.24) is 4.90 Å². The Balaban J connectivity index is 1.64. The van der Waals surface area contributed by atoms with Gasteiger partial charge in [0.2, 0.25) is 5.91 Å². The van der Waals surface area contributed by atoms with Gasteiger partial charge in [-0.1, -0.05) is 12.1 Å². The molecule has 2 fully saturated rings. The maximum atomic E-state index is 13.4. The van der Waals surface area contributed by atoms with Crippen molar-refractivity contribution in [3.63, 3.8) is 0 Å². The Labute approximate surface area is 176 Å². The molecular weight excluding hydrogens is 413 g/mol. The van der Waals surface area contributed by atoms with Gasteiger partial charge in [-0.25, -0.2) is 4.79 Å². The lowest BCUT2D eigenvalue weighted by molar-refractivity contribution is -0.117. The van der Waals surface area contributed by atoms with E-state index in [0.29, 0.717) is 37.3 Å². The third kappa shape index (κ3) is 5.41. The molecule has 0 aromatic heterocycles. The number of carbonyl (C=O) groups excluding carboxylic acids is 2. The number of ether oxygens (including phenoxy) is 1. The molecule has 2 aliphatic heterocycles. The van der Waals surface area contributed by atoms with E-state index in [1.165, 1.54) is 4.90 Å². The highest BCUT2D eigenvalue weighted by Gasteiger charge is 2.40. The molecule has 2 amide bonds. The van der Waals surface area contributed by atoms with Crippen LogP contribution in [0.1, 0.15) is 40.0 Å². The SMILES string of the molecule is CC(C)(C)OC(=O)N1CCC(Nc2ccccc2N2CC(S(=O)(=O)F)CC2=O)CC1. The molecule has 0 aliphatic carbocycles. The van der Waals surface area contributed by atoms with Gasteiger partial charge in [0.1, 0.15) is 10.9 Å². The maximum absolute atomic E-state index is 13.4. The van der Waals surface area contributed by atoms with E-state index in [2.05, 4.69) is 5.32 Å². The van der Waals surface area contributed by atoms with Crippen molar-refractivity contribution in [2.24, 2.45) is 0 Å². The van der Waals surface area contributed by atoms with Gasteiger partial charge in [0.05, 0.1) is 11.4 Å². The molecule has 0 bridgehead atoms. The lowest BCUT2D eigenvalue weighted by Crippen LogP contribution is -2.44. The quantitative estimate of drug-likeness (QED) is 0.722. The summed E-state index contributed by atoms with van der Waals surface area (Å²) in [4.78, 5) is 27.5. The fourth-order valence-corrected chi connectivity index (χ4v) is 4.35. The number of nitrogens with zero attached hydrogens (tertiary/aromatic N) is 2. The number of hydrogen-bond donors (Lipinski definition) is 1. The molecule has 1 unspecified atom stereocenters. The molecule has 10 heteroatoms. The zero-order valence-corrected chi connectivity index (χ0v) is 18.2. The zero-order chi connectivity index (χ0) is 22.1. The first-order valence-corrected chi connectivity index (χ1v) is 11.5. The molecular formula is C20H28FN3O5S. The van der Waals surface area contributed by atoms with Crippen LogP contribution in [0.4, 0.5) is 20.1 Å². The molecule has 8 nitrogen and oxygen atoms in total. The molecule has 1 aromatic carbocycles. The molecule has 30 heavy (non-hydrogen) atoms. The normalized spacial score (nSPS) is 21.1. The average Bonchev–Trinajstić information content (AvgIpc) is 3.03. The van der Waals surface area contributed by atoms with Crippen LogP contribution in [0.2, 0.25) is 0 Å². The fraction of sp³-hybridized carbons (Fsp3) is 0.600. The van der Waals surface area contributed by atoms with Crippen molar-refractivity contribution in [3.05, 3.63) is 24.3 Å². The predicted molar refractivity (Wildman–Crippen MR) is 112 cm³/mol. The number of amides is 2. The minimum Gasteiger partial charge on any atom is -0.444 e. The smallest absolute Gasteiger partial charge is 0.410 e. The lowest BCUT2D eigenvalue weighted by atomic mass is 10.0. The second-order valence-corrected chi connectivity index (χ2v) is 10.3. The van der Waals surface area contributed by atoms with E-state index in [0.717, 1.165) is 0 Å². The van der Waals surface area contributed by atoms with Crippen LogP contribution in [-0.2, 0) is 19.8 Å². The van der Waals surface area contributed by atoms with E-state index in [9.17, 15) is 21.9 Å². The van der Waals surface area contributed by atoms with Gasteiger partial charge >= 0.3 is 16.3 Å². The number of benzene rings is 1. The summed E-state index contributed by atoms with van der Waals surface area (Å²) >= 11 is 0. The number of anilines is 2. The Morgan fingerprint density at radius 2 is 1.83 bits per heavy atom. The van der Waals surface area contributed by atoms with Gasteiger partial charge in [0.15, 0.2) is 0 Å². The minimum atomic E-state index is -4.78. The summed E-state index contributed by atoms with van der Waals surface area (Å²) in [7, 11) is -4.78. The Hall–Kier alpha value is -2.36. The summed E-state index contributed by atoms with van der Waals surface area (Å²) in [6, 6.07) is 7.15. The molecule has 1 N–H and O–H groups in total. The van der Waals surface area contributed by atoms with Crippen LogP contribution in [0.25, 0.3) is 0 Å². The molecule has 0 spiro atoms. The topological polar surface area (TPSA) is 96.0 Å². The average molecular weight is 442 g/mol. The number of rotatable bonds is 4. The second-order valence-electron chi connectivity index (χ2n) is 8.71. The van der Waals surface area contributed by atoms with E-state index >= 15 is 0 Å². The molecule has 166 valence electrons. The van der Waals surface area contributed by atoms with Crippen LogP contribution < -0.4 is 10.2 Å². The Morgan fingerprint density at radius 1 is 1.20 bits per heavy atom. The predicted octanol–water partition coefficient (Wildman–Crippen LogP) is 2.90. The fourth-order valence-electron chi connectivity index (χ4n) is 3.68. The van der Waals surface area contributed by atoms with Gasteiger partial charge in [0.25, 0.3) is 0 Å². The first-order chi connectivity index (χ1) is 13.9. The molecule has 3 rings (SSSR count). The third-order valence-corrected chi connectivity index (χ3v) is 6.30. The summed E-state index contributed by atoms with van der Waals surface area (Å²) in [5.41, 5.74) is 0.667. The summed E-state index contributed by atoms with van der Waals surface area (Å²) in [6.07, 6.45) is 0.704. The molecule has 2 heterocycles. The zero-order valence-electron chi connectivity index (χ0n) is 17.4. The van der Waals surface area contributed by atoms with Gasteiger partial charge in [-0.2, -0.15) is 8.42 Å². The van der Waals surface area contributed by atoms with E-state index in [4.69, 9.17) is 4.74 Å². The van der Waals surface area contributed by atoms with Crippen LogP contribution >= 0.6 is 0 Å². The molecule has 2 aliphatic rings. The Morgan fingerprint density at radius 3 is 2.40 bits per heavy atom. The third-order valence-electron chi connectivity index (χ3n) is 5.19. The number of hydrogen-bond acceptors (Lipinski definition) is 6. The minimum absolute atomic E-state index is 0.0725. The number of carbonyl (C=O) groups is 2. The number of halogens is 1. The highest BCUT2D eigenvalue weighted by Crippen LogP contribution is 2.33. The van der Waals surface area contributed by atoms with Crippen molar-refractivity contribution in [1.29, 1.82) is 0 Å². The van der Waals surface area contributed by atoms with Crippen molar-refractivity contribution in [3.8, 4) is 0 Å². The molecule has 2 saturated heterocycles.